The highest BCUT2D eigenvalue weighted by atomic mass is 16.5. The van der Waals surface area contributed by atoms with Crippen molar-refractivity contribution in [3.05, 3.63) is 23.3 Å². The number of piperidine rings is 1. The molecule has 3 fully saturated rings. The number of phenols is 1. The van der Waals surface area contributed by atoms with Gasteiger partial charge in [0.15, 0.2) is 11.5 Å². The SMILES string of the molecule is CN[C@H]1CC[C@@]2(O)[C@H]3Cc4ccc(O)c5c4[C@@]2(CCN3CC2(O)CC2)[C@H]1O5. The maximum atomic E-state index is 12.2. The number of nitrogens with zero attached hydrogens (tertiary/aromatic N) is 1. The molecule has 1 aromatic carbocycles. The highest BCUT2D eigenvalue weighted by molar-refractivity contribution is 5.62. The van der Waals surface area contributed by atoms with Crippen molar-refractivity contribution in [1.82, 2.24) is 10.2 Å². The molecule has 0 unspecified atom stereocenters. The number of likely N-dealkylation sites (N-methyl/N-ethyl adjacent to an activating group) is 1. The van der Waals surface area contributed by atoms with Crippen LogP contribution < -0.4 is 10.1 Å². The van der Waals surface area contributed by atoms with E-state index >= 15 is 0 Å². The number of β-amino-alcohol motifs (C(OH)–C–C–N with tert-alkyl or cyclic N) is 1. The van der Waals surface area contributed by atoms with Crippen molar-refractivity contribution in [2.24, 2.45) is 0 Å². The molecular formula is C21H28N2O4. The molecule has 2 aliphatic heterocycles. The van der Waals surface area contributed by atoms with Gasteiger partial charge in [-0.2, -0.15) is 0 Å². The lowest BCUT2D eigenvalue weighted by molar-refractivity contribution is -0.194. The molecule has 2 heterocycles. The van der Waals surface area contributed by atoms with E-state index in [1.54, 1.807) is 6.07 Å². The average Bonchev–Trinajstić information content (AvgIpc) is 3.25. The summed E-state index contributed by atoms with van der Waals surface area (Å²) < 4.78 is 6.39. The molecule has 6 rings (SSSR count). The first kappa shape index (κ1) is 16.6. The fourth-order valence-corrected chi connectivity index (χ4v) is 6.80. The van der Waals surface area contributed by atoms with Crippen LogP contribution in [0, 0.1) is 0 Å². The molecule has 5 atom stereocenters. The summed E-state index contributed by atoms with van der Waals surface area (Å²) in [5.41, 5.74) is 0.309. The Hall–Kier alpha value is -1.34. The monoisotopic (exact) mass is 372 g/mol. The second kappa shape index (κ2) is 4.98. The number of phenolic OH excluding ortho intramolecular Hbond substituents is 1. The Bertz CT molecular complexity index is 825. The third-order valence-corrected chi connectivity index (χ3v) is 8.27. The van der Waals surface area contributed by atoms with Crippen molar-refractivity contribution in [2.75, 3.05) is 20.1 Å². The third kappa shape index (κ3) is 1.85. The van der Waals surface area contributed by atoms with Crippen molar-refractivity contribution >= 4 is 0 Å². The lowest BCUT2D eigenvalue weighted by Gasteiger charge is -2.64. The van der Waals surface area contributed by atoms with Gasteiger partial charge in [-0.25, -0.2) is 0 Å². The number of aliphatic hydroxyl groups is 2. The molecule has 5 aliphatic rings. The number of ether oxygens (including phenoxy) is 1. The Morgan fingerprint density at radius 2 is 2.04 bits per heavy atom. The van der Waals surface area contributed by atoms with E-state index in [1.165, 1.54) is 5.56 Å². The number of aromatic hydroxyl groups is 1. The van der Waals surface area contributed by atoms with E-state index in [0.717, 1.165) is 44.2 Å². The van der Waals surface area contributed by atoms with E-state index in [1.807, 2.05) is 13.1 Å². The summed E-state index contributed by atoms with van der Waals surface area (Å²) in [6, 6.07) is 3.88. The number of rotatable bonds is 3. The van der Waals surface area contributed by atoms with Gasteiger partial charge in [0.25, 0.3) is 0 Å². The quantitative estimate of drug-likeness (QED) is 0.624. The third-order valence-electron chi connectivity index (χ3n) is 8.27. The van der Waals surface area contributed by atoms with Gasteiger partial charge in [-0.15, -0.1) is 0 Å². The lowest BCUT2D eigenvalue weighted by Crippen LogP contribution is -2.78. The smallest absolute Gasteiger partial charge is 0.165 e. The summed E-state index contributed by atoms with van der Waals surface area (Å²) in [7, 11) is 1.96. The molecule has 146 valence electrons. The van der Waals surface area contributed by atoms with E-state index < -0.39 is 16.6 Å². The maximum Gasteiger partial charge on any atom is 0.165 e. The van der Waals surface area contributed by atoms with Crippen LogP contribution in [0.25, 0.3) is 0 Å². The number of benzene rings is 1. The standard InChI is InChI=1S/C21H28N2O4/c1-22-13-4-5-21(26)15-10-12-2-3-14(24)17-16(12)20(21,18(13)27-17)8-9-23(15)11-19(25)6-7-19/h2-3,13,15,18,22,24-26H,4-11H2,1H3/t13-,15+,18-,20-,21+/m0/s1. The molecule has 27 heavy (non-hydrogen) atoms. The van der Waals surface area contributed by atoms with Crippen LogP contribution in [0.2, 0.25) is 0 Å². The predicted molar refractivity (Wildman–Crippen MR) is 99.1 cm³/mol. The molecule has 1 aromatic rings. The largest absolute Gasteiger partial charge is 0.504 e. The van der Waals surface area contributed by atoms with Gasteiger partial charge in [-0.05, 0) is 63.7 Å². The minimum Gasteiger partial charge on any atom is -0.504 e. The molecule has 3 aliphatic carbocycles. The van der Waals surface area contributed by atoms with Crippen molar-refractivity contribution in [2.45, 2.75) is 73.3 Å². The van der Waals surface area contributed by atoms with E-state index in [2.05, 4.69) is 10.2 Å². The first-order chi connectivity index (χ1) is 12.9. The van der Waals surface area contributed by atoms with Gasteiger partial charge in [0.2, 0.25) is 0 Å². The Labute approximate surface area is 159 Å². The van der Waals surface area contributed by atoms with E-state index in [-0.39, 0.29) is 23.9 Å². The van der Waals surface area contributed by atoms with Crippen LogP contribution in [0.15, 0.2) is 12.1 Å². The van der Waals surface area contributed by atoms with Crippen LogP contribution in [0.4, 0.5) is 0 Å². The van der Waals surface area contributed by atoms with E-state index in [0.29, 0.717) is 18.7 Å². The number of hydrogen-bond acceptors (Lipinski definition) is 6. The second-order valence-corrected chi connectivity index (χ2v) is 9.48. The molecule has 6 nitrogen and oxygen atoms in total. The second-order valence-electron chi connectivity index (χ2n) is 9.48. The molecule has 1 saturated heterocycles. The molecule has 1 spiro atoms. The Morgan fingerprint density at radius 3 is 2.78 bits per heavy atom. The fraction of sp³-hybridized carbons (Fsp3) is 0.714. The van der Waals surface area contributed by atoms with Crippen molar-refractivity contribution in [3.63, 3.8) is 0 Å². The van der Waals surface area contributed by atoms with Crippen LogP contribution in [-0.4, -0.2) is 69.7 Å². The van der Waals surface area contributed by atoms with Crippen molar-refractivity contribution in [1.29, 1.82) is 0 Å². The molecule has 2 saturated carbocycles. The lowest BCUT2D eigenvalue weighted by atomic mass is 9.48. The van der Waals surface area contributed by atoms with Crippen molar-refractivity contribution < 1.29 is 20.1 Å². The summed E-state index contributed by atoms with van der Waals surface area (Å²) in [6.45, 7) is 1.50. The topological polar surface area (TPSA) is 85.2 Å². The van der Waals surface area contributed by atoms with Crippen LogP contribution in [-0.2, 0) is 11.8 Å². The molecule has 6 heteroatoms. The molecule has 0 radical (unpaired) electrons. The van der Waals surface area contributed by atoms with Gasteiger partial charge >= 0.3 is 0 Å². The zero-order chi connectivity index (χ0) is 18.6. The summed E-state index contributed by atoms with van der Waals surface area (Å²) in [5.74, 6) is 0.772. The summed E-state index contributed by atoms with van der Waals surface area (Å²) in [6.07, 6.45) is 4.66. The Balaban J connectivity index is 1.54. The molecule has 0 aromatic heterocycles. The minimum absolute atomic E-state index is 0.0113. The van der Waals surface area contributed by atoms with Gasteiger partial charge < -0.3 is 25.4 Å². The van der Waals surface area contributed by atoms with Gasteiger partial charge in [-0.1, -0.05) is 6.07 Å². The summed E-state index contributed by atoms with van der Waals surface area (Å²) in [4.78, 5) is 2.34. The summed E-state index contributed by atoms with van der Waals surface area (Å²) >= 11 is 0. The highest BCUT2D eigenvalue weighted by Crippen LogP contribution is 2.65. The summed E-state index contributed by atoms with van der Waals surface area (Å²) in [5, 5.41) is 36.6. The zero-order valence-electron chi connectivity index (χ0n) is 15.7. The normalized spacial score (nSPS) is 43.1. The van der Waals surface area contributed by atoms with Crippen LogP contribution in [0.1, 0.15) is 43.2 Å². The molecule has 2 bridgehead atoms. The van der Waals surface area contributed by atoms with Crippen LogP contribution in [0.5, 0.6) is 11.5 Å². The van der Waals surface area contributed by atoms with Crippen LogP contribution >= 0.6 is 0 Å². The van der Waals surface area contributed by atoms with E-state index in [4.69, 9.17) is 4.74 Å². The van der Waals surface area contributed by atoms with Gasteiger partial charge in [-0.3, -0.25) is 4.90 Å². The van der Waals surface area contributed by atoms with Crippen molar-refractivity contribution in [3.8, 4) is 11.5 Å². The average molecular weight is 372 g/mol. The Morgan fingerprint density at radius 1 is 1.22 bits per heavy atom. The minimum atomic E-state index is -0.888. The first-order valence-corrected chi connectivity index (χ1v) is 10.3. The zero-order valence-corrected chi connectivity index (χ0v) is 15.7. The highest BCUT2D eigenvalue weighted by Gasteiger charge is 2.73. The van der Waals surface area contributed by atoms with Gasteiger partial charge in [0.1, 0.15) is 6.10 Å². The number of hydrogen-bond donors (Lipinski definition) is 4. The van der Waals surface area contributed by atoms with Gasteiger partial charge in [0.05, 0.1) is 16.6 Å². The fourth-order valence-electron chi connectivity index (χ4n) is 6.80. The predicted octanol–water partition coefficient (Wildman–Crippen LogP) is 0.659. The molecular weight excluding hydrogens is 344 g/mol. The number of likely N-dealkylation sites (tertiary alicyclic amines) is 1. The maximum absolute atomic E-state index is 12.2. The van der Waals surface area contributed by atoms with E-state index in [9.17, 15) is 15.3 Å². The molecule has 0 amide bonds. The van der Waals surface area contributed by atoms with Gasteiger partial charge in [0, 0.05) is 24.2 Å². The first-order valence-electron chi connectivity index (χ1n) is 10.3. The number of nitrogens with one attached hydrogen (secondary N) is 1. The Kier molecular flexibility index (Phi) is 3.06. The molecule has 4 N–H and O–H groups in total. The van der Waals surface area contributed by atoms with Crippen LogP contribution in [0.3, 0.4) is 0 Å².